The number of Topliss-reactive ketones (excluding diaryl/α,β-unsaturated/α-hetero) is 1. The summed E-state index contributed by atoms with van der Waals surface area (Å²) in [5, 5.41) is 0. The second-order valence-corrected chi connectivity index (χ2v) is 6.98. The Hall–Kier alpha value is -0.420. The Labute approximate surface area is 97.9 Å². The molecule has 4 nitrogen and oxygen atoms in total. The highest BCUT2D eigenvalue weighted by Crippen LogP contribution is 2.19. The van der Waals surface area contributed by atoms with E-state index in [4.69, 9.17) is 0 Å². The fraction of sp³-hybridized carbons (Fsp3) is 0.909. The van der Waals surface area contributed by atoms with Gasteiger partial charge in [-0.25, -0.2) is 8.42 Å². The van der Waals surface area contributed by atoms with Gasteiger partial charge in [0.05, 0.1) is 5.75 Å². The van der Waals surface area contributed by atoms with Crippen molar-refractivity contribution in [2.24, 2.45) is 0 Å². The highest BCUT2D eigenvalue weighted by Gasteiger charge is 2.23. The zero-order chi connectivity index (χ0) is 12.2. The van der Waals surface area contributed by atoms with Gasteiger partial charge in [0.2, 0.25) is 0 Å². The maximum Gasteiger partial charge on any atom is 0.148 e. The Morgan fingerprint density at radius 1 is 1.38 bits per heavy atom. The van der Waals surface area contributed by atoms with Gasteiger partial charge in [0.1, 0.15) is 15.6 Å². The second-order valence-electron chi connectivity index (χ2n) is 4.72. The average Bonchev–Trinajstić information content (AvgIpc) is 2.14. The van der Waals surface area contributed by atoms with Gasteiger partial charge in [0, 0.05) is 25.3 Å². The van der Waals surface area contributed by atoms with Crippen LogP contribution in [-0.4, -0.2) is 50.2 Å². The number of rotatable bonds is 5. The highest BCUT2D eigenvalue weighted by atomic mass is 32.2. The predicted octanol–water partition coefficient (Wildman–Crippen LogP) is 0.865. The van der Waals surface area contributed by atoms with Crippen LogP contribution in [0.15, 0.2) is 0 Å². The number of hydrogen-bond donors (Lipinski definition) is 0. The van der Waals surface area contributed by atoms with E-state index in [1.807, 2.05) is 0 Å². The Balaban J connectivity index is 2.50. The molecule has 0 saturated carbocycles. The van der Waals surface area contributed by atoms with E-state index >= 15 is 0 Å². The molecule has 1 atom stereocenters. The molecule has 1 saturated heterocycles. The molecule has 0 aromatic rings. The molecule has 0 radical (unpaired) electrons. The minimum atomic E-state index is -2.90. The monoisotopic (exact) mass is 247 g/mol. The van der Waals surface area contributed by atoms with Crippen LogP contribution in [0, 0.1) is 0 Å². The van der Waals surface area contributed by atoms with Crippen molar-refractivity contribution in [2.75, 3.05) is 25.1 Å². The molecule has 16 heavy (non-hydrogen) atoms. The van der Waals surface area contributed by atoms with Gasteiger partial charge in [-0.3, -0.25) is 9.69 Å². The van der Waals surface area contributed by atoms with Gasteiger partial charge in [-0.1, -0.05) is 6.42 Å². The molecular weight excluding hydrogens is 226 g/mol. The van der Waals surface area contributed by atoms with Crippen molar-refractivity contribution in [3.63, 3.8) is 0 Å². The van der Waals surface area contributed by atoms with Crippen molar-refractivity contribution in [2.45, 2.75) is 38.6 Å². The molecule has 1 rings (SSSR count). The number of carbonyl (C=O) groups is 1. The van der Waals surface area contributed by atoms with E-state index in [0.717, 1.165) is 25.8 Å². The van der Waals surface area contributed by atoms with Crippen LogP contribution in [0.4, 0.5) is 0 Å². The lowest BCUT2D eigenvalue weighted by Gasteiger charge is -2.35. The Bertz CT molecular complexity index is 337. The molecule has 0 spiro atoms. The van der Waals surface area contributed by atoms with Crippen LogP contribution in [0.3, 0.4) is 0 Å². The standard InChI is InChI=1S/C11H21NO3S/c1-10(13)9-11-5-3-4-6-12(11)7-8-16(2,14)15/h11H,3-9H2,1-2H3. The summed E-state index contributed by atoms with van der Waals surface area (Å²) in [5.41, 5.74) is 0. The summed E-state index contributed by atoms with van der Waals surface area (Å²) in [6.07, 6.45) is 5.09. The lowest BCUT2D eigenvalue weighted by Crippen LogP contribution is -2.42. The number of carbonyl (C=O) groups excluding carboxylic acids is 1. The number of nitrogens with zero attached hydrogens (tertiary/aromatic N) is 1. The van der Waals surface area contributed by atoms with Crippen LogP contribution in [-0.2, 0) is 14.6 Å². The number of piperidine rings is 1. The molecule has 0 bridgehead atoms. The smallest absolute Gasteiger partial charge is 0.148 e. The molecule has 94 valence electrons. The van der Waals surface area contributed by atoms with Crippen molar-refractivity contribution >= 4 is 15.6 Å². The average molecular weight is 247 g/mol. The summed E-state index contributed by atoms with van der Waals surface area (Å²) in [5.74, 6) is 0.387. The fourth-order valence-corrected chi connectivity index (χ4v) is 2.77. The molecule has 1 heterocycles. The fourth-order valence-electron chi connectivity index (χ4n) is 2.20. The van der Waals surface area contributed by atoms with Crippen molar-refractivity contribution in [3.05, 3.63) is 0 Å². The zero-order valence-electron chi connectivity index (χ0n) is 10.1. The molecule has 5 heteroatoms. The van der Waals surface area contributed by atoms with E-state index in [0.29, 0.717) is 13.0 Å². The topological polar surface area (TPSA) is 54.5 Å². The van der Waals surface area contributed by atoms with E-state index in [1.165, 1.54) is 6.26 Å². The second kappa shape index (κ2) is 5.77. The normalized spacial score (nSPS) is 23.2. The van der Waals surface area contributed by atoms with Crippen LogP contribution in [0.25, 0.3) is 0 Å². The third kappa shape index (κ3) is 5.07. The lowest BCUT2D eigenvalue weighted by atomic mass is 9.98. The molecule has 0 amide bonds. The molecule has 0 aliphatic carbocycles. The van der Waals surface area contributed by atoms with Crippen LogP contribution in [0.5, 0.6) is 0 Å². The first-order valence-electron chi connectivity index (χ1n) is 5.80. The summed E-state index contributed by atoms with van der Waals surface area (Å²) in [7, 11) is -2.90. The van der Waals surface area contributed by atoms with Gasteiger partial charge in [-0.2, -0.15) is 0 Å². The Kier molecular flexibility index (Phi) is 4.92. The molecule has 0 N–H and O–H groups in total. The van der Waals surface area contributed by atoms with Gasteiger partial charge in [0.25, 0.3) is 0 Å². The highest BCUT2D eigenvalue weighted by molar-refractivity contribution is 7.90. The van der Waals surface area contributed by atoms with Gasteiger partial charge in [-0.15, -0.1) is 0 Å². The van der Waals surface area contributed by atoms with Crippen molar-refractivity contribution < 1.29 is 13.2 Å². The first-order valence-corrected chi connectivity index (χ1v) is 7.86. The molecule has 1 aliphatic heterocycles. The van der Waals surface area contributed by atoms with Crippen molar-refractivity contribution in [1.82, 2.24) is 4.90 Å². The van der Waals surface area contributed by atoms with Crippen molar-refractivity contribution in [1.29, 1.82) is 0 Å². The van der Waals surface area contributed by atoms with E-state index in [-0.39, 0.29) is 17.6 Å². The largest absolute Gasteiger partial charge is 0.300 e. The Morgan fingerprint density at radius 2 is 2.06 bits per heavy atom. The summed E-state index contributed by atoms with van der Waals surface area (Å²) in [6, 6.07) is 0.257. The Morgan fingerprint density at radius 3 is 2.62 bits per heavy atom. The van der Waals surface area contributed by atoms with Gasteiger partial charge in [-0.05, 0) is 26.3 Å². The minimum absolute atomic E-state index is 0.191. The molecule has 1 unspecified atom stereocenters. The SMILES string of the molecule is CC(=O)CC1CCCCN1CCS(C)(=O)=O. The van der Waals surface area contributed by atoms with Crippen LogP contribution < -0.4 is 0 Å². The van der Waals surface area contributed by atoms with E-state index in [1.54, 1.807) is 6.92 Å². The maximum absolute atomic E-state index is 11.1. The molecule has 1 aliphatic rings. The van der Waals surface area contributed by atoms with Gasteiger partial charge < -0.3 is 0 Å². The zero-order valence-corrected chi connectivity index (χ0v) is 10.9. The van der Waals surface area contributed by atoms with Gasteiger partial charge >= 0.3 is 0 Å². The van der Waals surface area contributed by atoms with E-state index in [2.05, 4.69) is 4.90 Å². The quantitative estimate of drug-likeness (QED) is 0.723. The third-order valence-corrected chi connectivity index (χ3v) is 3.95. The molecule has 1 fully saturated rings. The lowest BCUT2D eigenvalue weighted by molar-refractivity contribution is -0.118. The van der Waals surface area contributed by atoms with Crippen LogP contribution in [0.2, 0.25) is 0 Å². The number of likely N-dealkylation sites (tertiary alicyclic amines) is 1. The van der Waals surface area contributed by atoms with Crippen molar-refractivity contribution in [3.8, 4) is 0 Å². The summed E-state index contributed by atoms with van der Waals surface area (Å²) in [6.45, 7) is 3.09. The van der Waals surface area contributed by atoms with Crippen LogP contribution >= 0.6 is 0 Å². The number of sulfone groups is 1. The van der Waals surface area contributed by atoms with Crippen LogP contribution in [0.1, 0.15) is 32.6 Å². The molecule has 0 aromatic carbocycles. The molecular formula is C11H21NO3S. The number of ketones is 1. The van der Waals surface area contributed by atoms with E-state index < -0.39 is 9.84 Å². The van der Waals surface area contributed by atoms with Gasteiger partial charge in [0.15, 0.2) is 0 Å². The first kappa shape index (κ1) is 13.6. The minimum Gasteiger partial charge on any atom is -0.300 e. The predicted molar refractivity (Wildman–Crippen MR) is 64.2 cm³/mol. The molecule has 0 aromatic heterocycles. The summed E-state index contributed by atoms with van der Waals surface area (Å²) < 4.78 is 22.2. The third-order valence-electron chi connectivity index (χ3n) is 3.02. The summed E-state index contributed by atoms with van der Waals surface area (Å²) >= 11 is 0. The number of hydrogen-bond acceptors (Lipinski definition) is 4. The first-order chi connectivity index (χ1) is 7.38. The summed E-state index contributed by atoms with van der Waals surface area (Å²) in [4.78, 5) is 13.3. The van der Waals surface area contributed by atoms with E-state index in [9.17, 15) is 13.2 Å². The maximum atomic E-state index is 11.1.